The summed E-state index contributed by atoms with van der Waals surface area (Å²) in [6, 6.07) is 5.30. The lowest BCUT2D eigenvalue weighted by Gasteiger charge is -1.99. The molecule has 14 heavy (non-hydrogen) atoms. The quantitative estimate of drug-likeness (QED) is 0.744. The molecule has 0 saturated heterocycles. The zero-order valence-corrected chi connectivity index (χ0v) is 8.47. The molecule has 1 aromatic rings. The van der Waals surface area contributed by atoms with Gasteiger partial charge in [0.2, 0.25) is 5.91 Å². The Kier molecular flexibility index (Phi) is 3.95. The highest BCUT2D eigenvalue weighted by Gasteiger charge is 2.01. The third-order valence-electron chi connectivity index (χ3n) is 1.49. The Labute approximate surface area is 86.3 Å². The topological polar surface area (TPSA) is 65.8 Å². The van der Waals surface area contributed by atoms with Gasteiger partial charge in [-0.15, -0.1) is 0 Å². The van der Waals surface area contributed by atoms with Gasteiger partial charge in [-0.3, -0.25) is 4.79 Å². The third-order valence-corrected chi connectivity index (χ3v) is 2.42. The molecule has 1 aromatic heterocycles. The zero-order chi connectivity index (χ0) is 10.4. The van der Waals surface area contributed by atoms with Gasteiger partial charge in [-0.2, -0.15) is 5.26 Å². The first-order valence-corrected chi connectivity index (χ1v) is 4.94. The van der Waals surface area contributed by atoms with Crippen molar-refractivity contribution < 1.29 is 4.79 Å². The third kappa shape index (κ3) is 3.07. The predicted octanol–water partition coefficient (Wildman–Crippen LogP) is 0.791. The number of rotatable bonds is 3. The van der Waals surface area contributed by atoms with E-state index in [2.05, 4.69) is 10.3 Å². The van der Waals surface area contributed by atoms with Gasteiger partial charge >= 0.3 is 0 Å². The molecule has 1 heterocycles. The monoisotopic (exact) mass is 207 g/mol. The Morgan fingerprint density at radius 3 is 3.21 bits per heavy atom. The Morgan fingerprint density at radius 2 is 2.57 bits per heavy atom. The Balaban J connectivity index is 2.60. The Hall–Kier alpha value is -1.54. The maximum Gasteiger partial charge on any atom is 0.230 e. The summed E-state index contributed by atoms with van der Waals surface area (Å²) in [4.78, 5) is 14.9. The first kappa shape index (κ1) is 10.5. The van der Waals surface area contributed by atoms with Crippen molar-refractivity contribution in [3.8, 4) is 6.07 Å². The second-order valence-electron chi connectivity index (χ2n) is 2.46. The number of nitrogens with zero attached hydrogens (tertiary/aromatic N) is 2. The summed E-state index contributed by atoms with van der Waals surface area (Å²) in [5, 5.41) is 11.8. The van der Waals surface area contributed by atoms with E-state index in [1.807, 2.05) is 6.07 Å². The number of carbonyl (C=O) groups excluding carboxylic acids is 1. The van der Waals surface area contributed by atoms with E-state index in [1.54, 1.807) is 25.4 Å². The van der Waals surface area contributed by atoms with Crippen LogP contribution in [0.4, 0.5) is 0 Å². The van der Waals surface area contributed by atoms with Crippen LogP contribution in [-0.4, -0.2) is 23.7 Å². The van der Waals surface area contributed by atoms with Crippen LogP contribution in [0.3, 0.4) is 0 Å². The molecule has 5 heteroatoms. The van der Waals surface area contributed by atoms with Crippen LogP contribution in [-0.2, 0) is 4.79 Å². The van der Waals surface area contributed by atoms with E-state index in [-0.39, 0.29) is 5.91 Å². The van der Waals surface area contributed by atoms with Crippen LogP contribution in [0, 0.1) is 11.3 Å². The lowest BCUT2D eigenvalue weighted by atomic mass is 10.3. The number of nitrogens with one attached hydrogen (secondary N) is 1. The molecule has 0 radical (unpaired) electrons. The van der Waals surface area contributed by atoms with Gasteiger partial charge in [0, 0.05) is 13.2 Å². The SMILES string of the molecule is CNC(=O)CSc1cc(C#N)ccn1. The summed E-state index contributed by atoms with van der Waals surface area (Å²) in [7, 11) is 1.59. The first-order chi connectivity index (χ1) is 6.76. The van der Waals surface area contributed by atoms with Crippen molar-refractivity contribution in [3.63, 3.8) is 0 Å². The summed E-state index contributed by atoms with van der Waals surface area (Å²) in [6.45, 7) is 0. The fourth-order valence-corrected chi connectivity index (χ4v) is 1.54. The van der Waals surface area contributed by atoms with Crippen LogP contribution in [0.2, 0.25) is 0 Å². The van der Waals surface area contributed by atoms with Crippen molar-refractivity contribution in [2.75, 3.05) is 12.8 Å². The van der Waals surface area contributed by atoms with E-state index in [0.717, 1.165) is 0 Å². The van der Waals surface area contributed by atoms with Crippen LogP contribution in [0.25, 0.3) is 0 Å². The molecule has 72 valence electrons. The van der Waals surface area contributed by atoms with Gasteiger partial charge < -0.3 is 5.32 Å². The van der Waals surface area contributed by atoms with Gasteiger partial charge in [-0.1, -0.05) is 11.8 Å². The van der Waals surface area contributed by atoms with Crippen molar-refractivity contribution in [1.82, 2.24) is 10.3 Å². The molecule has 0 fully saturated rings. The lowest BCUT2D eigenvalue weighted by Crippen LogP contribution is -2.19. The summed E-state index contributed by atoms with van der Waals surface area (Å²) in [5.41, 5.74) is 0.555. The van der Waals surface area contributed by atoms with Crippen molar-refractivity contribution in [3.05, 3.63) is 23.9 Å². The molecule has 1 rings (SSSR count). The number of thioether (sulfide) groups is 1. The fraction of sp³-hybridized carbons (Fsp3) is 0.222. The highest BCUT2D eigenvalue weighted by molar-refractivity contribution is 7.99. The van der Waals surface area contributed by atoms with Gasteiger partial charge in [0.25, 0.3) is 0 Å². The lowest BCUT2D eigenvalue weighted by molar-refractivity contribution is -0.118. The number of amides is 1. The Bertz CT molecular complexity index is 373. The molecule has 0 atom stereocenters. The number of pyridine rings is 1. The molecule has 0 unspecified atom stereocenters. The molecule has 0 aliphatic carbocycles. The molecule has 0 spiro atoms. The highest BCUT2D eigenvalue weighted by atomic mass is 32.2. The maximum absolute atomic E-state index is 10.9. The number of carbonyl (C=O) groups is 1. The highest BCUT2D eigenvalue weighted by Crippen LogP contribution is 2.15. The molecular weight excluding hydrogens is 198 g/mol. The molecule has 1 amide bonds. The number of aromatic nitrogens is 1. The van der Waals surface area contributed by atoms with Crippen molar-refractivity contribution in [2.45, 2.75) is 5.03 Å². The van der Waals surface area contributed by atoms with Crippen molar-refractivity contribution in [1.29, 1.82) is 5.26 Å². The van der Waals surface area contributed by atoms with E-state index in [1.165, 1.54) is 11.8 Å². The number of nitriles is 1. The maximum atomic E-state index is 10.9. The van der Waals surface area contributed by atoms with E-state index in [9.17, 15) is 4.79 Å². The molecule has 0 aliphatic rings. The van der Waals surface area contributed by atoms with E-state index >= 15 is 0 Å². The second-order valence-corrected chi connectivity index (χ2v) is 3.45. The number of hydrogen-bond acceptors (Lipinski definition) is 4. The summed E-state index contributed by atoms with van der Waals surface area (Å²) in [6.07, 6.45) is 1.56. The smallest absolute Gasteiger partial charge is 0.230 e. The van der Waals surface area contributed by atoms with Gasteiger partial charge in [0.05, 0.1) is 22.4 Å². The molecular formula is C9H9N3OS. The summed E-state index contributed by atoms with van der Waals surface area (Å²) >= 11 is 1.31. The molecule has 4 nitrogen and oxygen atoms in total. The summed E-state index contributed by atoms with van der Waals surface area (Å²) in [5.74, 6) is 0.262. The average Bonchev–Trinajstić information content (AvgIpc) is 2.26. The van der Waals surface area contributed by atoms with E-state index < -0.39 is 0 Å². The Morgan fingerprint density at radius 1 is 1.79 bits per heavy atom. The minimum absolute atomic E-state index is 0.0563. The van der Waals surface area contributed by atoms with Gasteiger partial charge in [-0.25, -0.2) is 4.98 Å². The normalized spacial score (nSPS) is 9.14. The van der Waals surface area contributed by atoms with Crippen LogP contribution in [0.1, 0.15) is 5.56 Å². The summed E-state index contributed by atoms with van der Waals surface area (Å²) < 4.78 is 0. The van der Waals surface area contributed by atoms with E-state index in [0.29, 0.717) is 16.3 Å². The minimum atomic E-state index is -0.0563. The van der Waals surface area contributed by atoms with Crippen molar-refractivity contribution in [2.24, 2.45) is 0 Å². The first-order valence-electron chi connectivity index (χ1n) is 3.96. The van der Waals surface area contributed by atoms with Crippen LogP contribution >= 0.6 is 11.8 Å². The van der Waals surface area contributed by atoms with Crippen LogP contribution < -0.4 is 5.32 Å². The largest absolute Gasteiger partial charge is 0.358 e. The molecule has 1 N–H and O–H groups in total. The van der Waals surface area contributed by atoms with Gasteiger partial charge in [-0.05, 0) is 12.1 Å². The number of hydrogen-bond donors (Lipinski definition) is 1. The molecule has 0 bridgehead atoms. The van der Waals surface area contributed by atoms with Crippen LogP contribution in [0.5, 0.6) is 0 Å². The minimum Gasteiger partial charge on any atom is -0.358 e. The molecule has 0 saturated carbocycles. The fourth-order valence-electron chi connectivity index (χ4n) is 0.770. The second kappa shape index (κ2) is 5.25. The van der Waals surface area contributed by atoms with Gasteiger partial charge in [0.15, 0.2) is 0 Å². The van der Waals surface area contributed by atoms with Crippen molar-refractivity contribution >= 4 is 17.7 Å². The van der Waals surface area contributed by atoms with E-state index in [4.69, 9.17) is 5.26 Å². The predicted molar refractivity (Wildman–Crippen MR) is 53.7 cm³/mol. The zero-order valence-electron chi connectivity index (χ0n) is 7.65. The molecule has 0 aromatic carbocycles. The van der Waals surface area contributed by atoms with Gasteiger partial charge in [0.1, 0.15) is 0 Å². The van der Waals surface area contributed by atoms with Crippen LogP contribution in [0.15, 0.2) is 23.4 Å². The molecule has 0 aliphatic heterocycles. The standard InChI is InChI=1S/C9H9N3OS/c1-11-8(13)6-14-9-4-7(5-10)2-3-12-9/h2-4H,6H2,1H3,(H,11,13). The average molecular weight is 207 g/mol.